The van der Waals surface area contributed by atoms with Crippen LogP contribution in [0.25, 0.3) is 0 Å². The van der Waals surface area contributed by atoms with E-state index in [9.17, 15) is 9.50 Å². The quantitative estimate of drug-likeness (QED) is 0.905. The molecule has 1 unspecified atom stereocenters. The van der Waals surface area contributed by atoms with Crippen LogP contribution in [-0.4, -0.2) is 12.2 Å². The second kappa shape index (κ2) is 6.44. The zero-order valence-electron chi connectivity index (χ0n) is 10.7. The number of halogens is 3. The van der Waals surface area contributed by atoms with Crippen molar-refractivity contribution in [2.45, 2.75) is 12.5 Å². The van der Waals surface area contributed by atoms with Crippen LogP contribution in [-0.2, 0) is 6.42 Å². The van der Waals surface area contributed by atoms with E-state index in [1.54, 1.807) is 24.3 Å². The molecule has 0 bridgehead atoms. The highest BCUT2D eigenvalue weighted by Gasteiger charge is 2.16. The molecule has 2 aromatic carbocycles. The molecule has 2 rings (SSSR count). The van der Waals surface area contributed by atoms with Crippen molar-refractivity contribution in [1.82, 2.24) is 0 Å². The van der Waals surface area contributed by atoms with Gasteiger partial charge in [0.15, 0.2) is 0 Å². The molecule has 0 aliphatic rings. The maximum atomic E-state index is 13.0. The van der Waals surface area contributed by atoms with Crippen molar-refractivity contribution in [3.63, 3.8) is 0 Å². The minimum Gasteiger partial charge on any atom is -0.496 e. The summed E-state index contributed by atoms with van der Waals surface area (Å²) in [5.41, 5.74) is 1.27. The van der Waals surface area contributed by atoms with Gasteiger partial charge in [-0.15, -0.1) is 0 Å². The third-order valence-corrected chi connectivity index (χ3v) is 3.57. The molecule has 0 fully saturated rings. The van der Waals surface area contributed by atoms with Gasteiger partial charge in [0.2, 0.25) is 0 Å². The number of hydrogen-bond donors (Lipinski definition) is 1. The molecule has 0 heterocycles. The Morgan fingerprint density at radius 2 is 1.95 bits per heavy atom. The fourth-order valence-corrected chi connectivity index (χ4v) is 2.37. The van der Waals surface area contributed by atoms with Crippen LogP contribution in [0.2, 0.25) is 10.0 Å². The van der Waals surface area contributed by atoms with Gasteiger partial charge in [-0.25, -0.2) is 4.39 Å². The summed E-state index contributed by atoms with van der Waals surface area (Å²) in [5.74, 6) is 0.0977. The molecule has 20 heavy (non-hydrogen) atoms. The van der Waals surface area contributed by atoms with Gasteiger partial charge in [0, 0.05) is 22.0 Å². The van der Waals surface area contributed by atoms with E-state index < -0.39 is 11.9 Å². The fraction of sp³-hybridized carbons (Fsp3) is 0.200. The molecule has 0 aliphatic heterocycles. The molecule has 0 saturated carbocycles. The lowest BCUT2D eigenvalue weighted by atomic mass is 10.0. The largest absolute Gasteiger partial charge is 0.496 e. The van der Waals surface area contributed by atoms with Crippen LogP contribution in [0.3, 0.4) is 0 Å². The standard InChI is InChI=1S/C15H13Cl2FO2/c1-20-15-7-10(16)3-5-12(15)14(19)6-9-2-4-11(18)8-13(9)17/h2-5,7-8,14,19H,6H2,1H3. The molecule has 1 N–H and O–H groups in total. The zero-order valence-corrected chi connectivity index (χ0v) is 12.2. The minimum absolute atomic E-state index is 0.261. The lowest BCUT2D eigenvalue weighted by Crippen LogP contribution is -2.04. The topological polar surface area (TPSA) is 29.5 Å². The molecule has 0 radical (unpaired) electrons. The summed E-state index contributed by atoms with van der Waals surface area (Å²) in [4.78, 5) is 0. The first-order chi connectivity index (χ1) is 9.51. The highest BCUT2D eigenvalue weighted by molar-refractivity contribution is 6.31. The number of hydrogen-bond acceptors (Lipinski definition) is 2. The molecular formula is C15H13Cl2FO2. The average Bonchev–Trinajstić information content (AvgIpc) is 2.41. The highest BCUT2D eigenvalue weighted by atomic mass is 35.5. The number of aliphatic hydroxyl groups is 1. The molecule has 5 heteroatoms. The average molecular weight is 315 g/mol. The van der Waals surface area contributed by atoms with E-state index in [0.717, 1.165) is 0 Å². The van der Waals surface area contributed by atoms with E-state index in [1.807, 2.05) is 0 Å². The van der Waals surface area contributed by atoms with Crippen LogP contribution in [0.4, 0.5) is 4.39 Å². The first-order valence-electron chi connectivity index (χ1n) is 5.96. The maximum absolute atomic E-state index is 13.0. The summed E-state index contributed by atoms with van der Waals surface area (Å²) >= 11 is 11.8. The Morgan fingerprint density at radius 3 is 2.60 bits per heavy atom. The van der Waals surface area contributed by atoms with Gasteiger partial charge < -0.3 is 9.84 Å². The molecule has 0 amide bonds. The lowest BCUT2D eigenvalue weighted by molar-refractivity contribution is 0.174. The normalized spacial score (nSPS) is 12.2. The second-order valence-electron chi connectivity index (χ2n) is 4.34. The molecular weight excluding hydrogens is 302 g/mol. The lowest BCUT2D eigenvalue weighted by Gasteiger charge is -2.16. The van der Waals surface area contributed by atoms with Crippen molar-refractivity contribution in [2.24, 2.45) is 0 Å². The summed E-state index contributed by atoms with van der Waals surface area (Å²) in [6, 6.07) is 9.10. The van der Waals surface area contributed by atoms with Gasteiger partial charge in [-0.3, -0.25) is 0 Å². The van der Waals surface area contributed by atoms with Gasteiger partial charge in [0.05, 0.1) is 13.2 Å². The van der Waals surface area contributed by atoms with E-state index in [1.165, 1.54) is 19.2 Å². The van der Waals surface area contributed by atoms with Gasteiger partial charge in [0.1, 0.15) is 11.6 Å². The smallest absolute Gasteiger partial charge is 0.126 e. The van der Waals surface area contributed by atoms with Crippen molar-refractivity contribution >= 4 is 23.2 Å². The van der Waals surface area contributed by atoms with Gasteiger partial charge >= 0.3 is 0 Å². The SMILES string of the molecule is COc1cc(Cl)ccc1C(O)Cc1ccc(F)cc1Cl. The minimum atomic E-state index is -0.815. The molecule has 2 nitrogen and oxygen atoms in total. The molecule has 106 valence electrons. The Morgan fingerprint density at radius 1 is 1.20 bits per heavy atom. The van der Waals surface area contributed by atoms with Crippen LogP contribution in [0.15, 0.2) is 36.4 Å². The summed E-state index contributed by atoms with van der Waals surface area (Å²) in [6.45, 7) is 0. The number of aliphatic hydroxyl groups excluding tert-OH is 1. The van der Waals surface area contributed by atoms with Crippen molar-refractivity contribution in [3.8, 4) is 5.75 Å². The van der Waals surface area contributed by atoms with Gasteiger partial charge in [0.25, 0.3) is 0 Å². The van der Waals surface area contributed by atoms with Crippen LogP contribution >= 0.6 is 23.2 Å². The van der Waals surface area contributed by atoms with E-state index in [-0.39, 0.29) is 11.4 Å². The Hall–Kier alpha value is -1.29. The third kappa shape index (κ3) is 3.42. The molecule has 2 aromatic rings. The fourth-order valence-electron chi connectivity index (χ4n) is 1.97. The van der Waals surface area contributed by atoms with Crippen LogP contribution in [0, 0.1) is 5.82 Å². The Bertz CT molecular complexity index is 617. The van der Waals surface area contributed by atoms with E-state index in [4.69, 9.17) is 27.9 Å². The Balaban J connectivity index is 2.25. The first-order valence-corrected chi connectivity index (χ1v) is 6.72. The predicted molar refractivity (Wildman–Crippen MR) is 78.1 cm³/mol. The van der Waals surface area contributed by atoms with Crippen molar-refractivity contribution in [2.75, 3.05) is 7.11 Å². The number of benzene rings is 2. The number of ether oxygens (including phenoxy) is 1. The molecule has 0 saturated heterocycles. The van der Waals surface area contributed by atoms with Crippen molar-refractivity contribution < 1.29 is 14.2 Å². The van der Waals surface area contributed by atoms with E-state index in [0.29, 0.717) is 21.9 Å². The van der Waals surface area contributed by atoms with Crippen molar-refractivity contribution in [1.29, 1.82) is 0 Å². The molecule has 0 aliphatic carbocycles. The molecule has 1 atom stereocenters. The van der Waals surface area contributed by atoms with Gasteiger partial charge in [-0.2, -0.15) is 0 Å². The third-order valence-electron chi connectivity index (χ3n) is 2.98. The number of methoxy groups -OCH3 is 1. The Kier molecular flexibility index (Phi) is 4.86. The zero-order chi connectivity index (χ0) is 14.7. The second-order valence-corrected chi connectivity index (χ2v) is 5.19. The monoisotopic (exact) mass is 314 g/mol. The van der Waals surface area contributed by atoms with E-state index >= 15 is 0 Å². The summed E-state index contributed by atoms with van der Waals surface area (Å²) in [6.07, 6.45) is -0.554. The molecule has 0 spiro atoms. The summed E-state index contributed by atoms with van der Waals surface area (Å²) < 4.78 is 18.2. The predicted octanol–water partition coefficient (Wildman–Crippen LogP) is 4.42. The molecule has 0 aromatic heterocycles. The van der Waals surface area contributed by atoms with Crippen LogP contribution in [0.5, 0.6) is 5.75 Å². The van der Waals surface area contributed by atoms with Crippen LogP contribution < -0.4 is 4.74 Å². The van der Waals surface area contributed by atoms with Crippen molar-refractivity contribution in [3.05, 3.63) is 63.4 Å². The highest BCUT2D eigenvalue weighted by Crippen LogP contribution is 2.31. The number of rotatable bonds is 4. The maximum Gasteiger partial charge on any atom is 0.126 e. The van der Waals surface area contributed by atoms with Crippen LogP contribution in [0.1, 0.15) is 17.2 Å². The Labute approximate surface area is 126 Å². The first kappa shape index (κ1) is 15.1. The van der Waals surface area contributed by atoms with Gasteiger partial charge in [-0.1, -0.05) is 35.3 Å². The summed E-state index contributed by atoms with van der Waals surface area (Å²) in [5, 5.41) is 11.1. The van der Waals surface area contributed by atoms with Gasteiger partial charge in [-0.05, 0) is 29.8 Å². The summed E-state index contributed by atoms with van der Waals surface area (Å²) in [7, 11) is 1.51. The van der Waals surface area contributed by atoms with E-state index in [2.05, 4.69) is 0 Å².